The number of carbonyl (C=O) groups is 2. The summed E-state index contributed by atoms with van der Waals surface area (Å²) in [7, 11) is 0. The minimum absolute atomic E-state index is 0.0156. The Morgan fingerprint density at radius 3 is 2.21 bits per heavy atom. The summed E-state index contributed by atoms with van der Waals surface area (Å²) in [5, 5.41) is 2.57. The van der Waals surface area contributed by atoms with Crippen LogP contribution in [-0.2, 0) is 0 Å². The number of hydrogen-bond acceptors (Lipinski definition) is 2. The van der Waals surface area contributed by atoms with Gasteiger partial charge >= 0.3 is 0 Å². The molecule has 0 saturated carbocycles. The fourth-order valence-electron chi connectivity index (χ4n) is 1.63. The number of hydrogen-bond donors (Lipinski definition) is 1. The number of anilines is 1. The lowest BCUT2D eigenvalue weighted by molar-refractivity contribution is 0.101. The Morgan fingerprint density at radius 2 is 1.63 bits per heavy atom. The van der Waals surface area contributed by atoms with E-state index in [1.807, 2.05) is 0 Å². The lowest BCUT2D eigenvalue weighted by atomic mass is 10.1. The molecule has 2 rings (SSSR count). The first kappa shape index (κ1) is 13.0. The van der Waals surface area contributed by atoms with Crippen molar-refractivity contribution in [2.24, 2.45) is 0 Å². The van der Waals surface area contributed by atoms with Gasteiger partial charge in [-0.15, -0.1) is 0 Å². The zero-order chi connectivity index (χ0) is 13.8. The van der Waals surface area contributed by atoms with Crippen LogP contribution >= 0.6 is 0 Å². The molecule has 0 unspecified atom stereocenters. The van der Waals surface area contributed by atoms with Gasteiger partial charge < -0.3 is 5.32 Å². The summed E-state index contributed by atoms with van der Waals surface area (Å²) in [5.74, 6) is -1.14. The predicted molar refractivity (Wildman–Crippen MR) is 70.8 cm³/mol. The third-order valence-corrected chi connectivity index (χ3v) is 2.67. The van der Waals surface area contributed by atoms with Gasteiger partial charge in [-0.3, -0.25) is 9.59 Å². The van der Waals surface area contributed by atoms with E-state index < -0.39 is 11.7 Å². The van der Waals surface area contributed by atoms with Gasteiger partial charge in [-0.25, -0.2) is 4.39 Å². The highest BCUT2D eigenvalue weighted by Crippen LogP contribution is 2.13. The Bertz CT molecular complexity index is 620. The molecule has 0 aliphatic carbocycles. The zero-order valence-electron chi connectivity index (χ0n) is 10.3. The number of nitrogens with one attached hydrogen (secondary N) is 1. The minimum atomic E-state index is -0.569. The first-order valence-corrected chi connectivity index (χ1v) is 5.75. The van der Waals surface area contributed by atoms with E-state index in [1.54, 1.807) is 30.3 Å². The predicted octanol–water partition coefficient (Wildman–Crippen LogP) is 3.28. The van der Waals surface area contributed by atoms with Gasteiger partial charge in [0.2, 0.25) is 0 Å². The van der Waals surface area contributed by atoms with Crippen molar-refractivity contribution in [1.82, 2.24) is 0 Å². The molecule has 1 amide bonds. The Balaban J connectivity index is 2.15. The molecule has 0 aliphatic rings. The monoisotopic (exact) mass is 257 g/mol. The molecule has 2 aromatic rings. The van der Waals surface area contributed by atoms with Gasteiger partial charge in [0.1, 0.15) is 5.82 Å². The standard InChI is InChI=1S/C15H12FNO2/c1-10(18)11-6-8-12(9-7-11)17-15(19)13-4-2-3-5-14(13)16/h2-9H,1H3,(H,17,19). The first-order valence-electron chi connectivity index (χ1n) is 5.75. The average Bonchev–Trinajstić information content (AvgIpc) is 2.39. The molecule has 0 spiro atoms. The van der Waals surface area contributed by atoms with Gasteiger partial charge in [-0.05, 0) is 43.3 Å². The summed E-state index contributed by atoms with van der Waals surface area (Å²) in [6.07, 6.45) is 0. The number of rotatable bonds is 3. The fraction of sp³-hybridized carbons (Fsp3) is 0.0667. The molecule has 0 atom stereocenters. The van der Waals surface area contributed by atoms with Crippen LogP contribution in [0.25, 0.3) is 0 Å². The lowest BCUT2D eigenvalue weighted by Gasteiger charge is -2.06. The maximum Gasteiger partial charge on any atom is 0.258 e. The Labute approximate surface area is 110 Å². The van der Waals surface area contributed by atoms with Crippen LogP contribution in [0, 0.1) is 5.82 Å². The second kappa shape index (κ2) is 5.44. The molecule has 0 fully saturated rings. The summed E-state index contributed by atoms with van der Waals surface area (Å²) in [4.78, 5) is 22.9. The summed E-state index contributed by atoms with van der Waals surface area (Å²) >= 11 is 0. The molecule has 0 aromatic heterocycles. The number of ketones is 1. The molecule has 4 heteroatoms. The fourth-order valence-corrected chi connectivity index (χ4v) is 1.63. The minimum Gasteiger partial charge on any atom is -0.322 e. The van der Waals surface area contributed by atoms with Crippen LogP contribution in [0.5, 0.6) is 0 Å². The molecule has 1 N–H and O–H groups in total. The zero-order valence-corrected chi connectivity index (χ0v) is 10.3. The van der Waals surface area contributed by atoms with E-state index in [-0.39, 0.29) is 11.3 Å². The van der Waals surface area contributed by atoms with Crippen LogP contribution in [0.15, 0.2) is 48.5 Å². The molecule has 0 heterocycles. The number of halogens is 1. The Hall–Kier alpha value is -2.49. The molecule has 0 radical (unpaired) electrons. The lowest BCUT2D eigenvalue weighted by Crippen LogP contribution is -2.13. The third-order valence-electron chi connectivity index (χ3n) is 2.67. The summed E-state index contributed by atoms with van der Waals surface area (Å²) in [5.41, 5.74) is 1.06. The highest BCUT2D eigenvalue weighted by Gasteiger charge is 2.10. The van der Waals surface area contributed by atoms with Gasteiger partial charge in [-0.2, -0.15) is 0 Å². The van der Waals surface area contributed by atoms with E-state index in [9.17, 15) is 14.0 Å². The van der Waals surface area contributed by atoms with Crippen molar-refractivity contribution in [1.29, 1.82) is 0 Å². The van der Waals surface area contributed by atoms with Crippen LogP contribution in [0.2, 0.25) is 0 Å². The number of amides is 1. The van der Waals surface area contributed by atoms with Crippen LogP contribution in [0.4, 0.5) is 10.1 Å². The van der Waals surface area contributed by atoms with E-state index in [0.29, 0.717) is 11.3 Å². The smallest absolute Gasteiger partial charge is 0.258 e. The SMILES string of the molecule is CC(=O)c1ccc(NC(=O)c2ccccc2F)cc1. The molecule has 0 saturated heterocycles. The second-order valence-corrected chi connectivity index (χ2v) is 4.07. The maximum atomic E-state index is 13.4. The van der Waals surface area contributed by atoms with Crippen LogP contribution in [0.1, 0.15) is 27.6 Å². The van der Waals surface area contributed by atoms with Gasteiger partial charge in [0.15, 0.2) is 5.78 Å². The number of benzene rings is 2. The Morgan fingerprint density at radius 1 is 1.00 bits per heavy atom. The second-order valence-electron chi connectivity index (χ2n) is 4.07. The molecule has 0 aliphatic heterocycles. The van der Waals surface area contributed by atoms with Crippen molar-refractivity contribution in [3.63, 3.8) is 0 Å². The van der Waals surface area contributed by atoms with Gasteiger partial charge in [0.05, 0.1) is 5.56 Å². The van der Waals surface area contributed by atoms with Crippen molar-refractivity contribution in [2.45, 2.75) is 6.92 Å². The molecular formula is C15H12FNO2. The largest absolute Gasteiger partial charge is 0.322 e. The van der Waals surface area contributed by atoms with E-state index in [4.69, 9.17) is 0 Å². The highest BCUT2D eigenvalue weighted by molar-refractivity contribution is 6.04. The van der Waals surface area contributed by atoms with Crippen molar-refractivity contribution in [3.05, 3.63) is 65.5 Å². The van der Waals surface area contributed by atoms with Crippen molar-refractivity contribution in [2.75, 3.05) is 5.32 Å². The van der Waals surface area contributed by atoms with Crippen LogP contribution in [-0.4, -0.2) is 11.7 Å². The van der Waals surface area contributed by atoms with E-state index >= 15 is 0 Å². The Kier molecular flexibility index (Phi) is 3.71. The molecule has 19 heavy (non-hydrogen) atoms. The first-order chi connectivity index (χ1) is 9.08. The van der Waals surface area contributed by atoms with Crippen molar-refractivity contribution in [3.8, 4) is 0 Å². The van der Waals surface area contributed by atoms with Gasteiger partial charge in [-0.1, -0.05) is 12.1 Å². The molecule has 0 bridgehead atoms. The topological polar surface area (TPSA) is 46.2 Å². The normalized spacial score (nSPS) is 10.0. The summed E-state index contributed by atoms with van der Waals surface area (Å²) in [6, 6.07) is 12.2. The van der Waals surface area contributed by atoms with Crippen LogP contribution < -0.4 is 5.32 Å². The highest BCUT2D eigenvalue weighted by atomic mass is 19.1. The van der Waals surface area contributed by atoms with E-state index in [2.05, 4.69) is 5.32 Å². The van der Waals surface area contributed by atoms with Crippen molar-refractivity contribution < 1.29 is 14.0 Å². The van der Waals surface area contributed by atoms with Crippen molar-refractivity contribution >= 4 is 17.4 Å². The quantitative estimate of drug-likeness (QED) is 0.858. The van der Waals surface area contributed by atoms with Crippen LogP contribution in [0.3, 0.4) is 0 Å². The number of Topliss-reactive ketones (excluding diaryl/α,β-unsaturated/α-hetero) is 1. The third kappa shape index (κ3) is 3.04. The maximum absolute atomic E-state index is 13.4. The summed E-state index contributed by atoms with van der Waals surface area (Å²) in [6.45, 7) is 1.47. The van der Waals surface area contributed by atoms with Gasteiger partial charge in [0, 0.05) is 11.3 Å². The molecular weight excluding hydrogens is 245 g/mol. The summed E-state index contributed by atoms with van der Waals surface area (Å²) < 4.78 is 13.4. The van der Waals surface area contributed by atoms with E-state index in [1.165, 1.54) is 25.1 Å². The molecule has 2 aromatic carbocycles. The van der Waals surface area contributed by atoms with Gasteiger partial charge in [0.25, 0.3) is 5.91 Å². The molecule has 3 nitrogen and oxygen atoms in total. The average molecular weight is 257 g/mol. The molecule has 96 valence electrons. The number of carbonyl (C=O) groups excluding carboxylic acids is 2. The van der Waals surface area contributed by atoms with E-state index in [0.717, 1.165) is 0 Å².